The Labute approximate surface area is 89.3 Å². The van der Waals surface area contributed by atoms with Gasteiger partial charge >= 0.3 is 0 Å². The average Bonchev–Trinajstić information content (AvgIpc) is 2.59. The summed E-state index contributed by atoms with van der Waals surface area (Å²) in [5.41, 5.74) is 1.01. The molecule has 1 heterocycles. The molecule has 0 radical (unpaired) electrons. The quantitative estimate of drug-likeness (QED) is 0.768. The van der Waals surface area contributed by atoms with E-state index >= 15 is 0 Å². The topological polar surface area (TPSA) is 43.4 Å². The van der Waals surface area contributed by atoms with Crippen LogP contribution in [0.3, 0.4) is 0 Å². The van der Waals surface area contributed by atoms with Crippen molar-refractivity contribution in [2.24, 2.45) is 0 Å². The van der Waals surface area contributed by atoms with Gasteiger partial charge in [-0.15, -0.1) is 0 Å². The summed E-state index contributed by atoms with van der Waals surface area (Å²) in [6, 6.07) is 7.48. The lowest BCUT2D eigenvalue weighted by atomic mass is 10.0. The van der Waals surface area contributed by atoms with Gasteiger partial charge < -0.3 is 4.74 Å². The Morgan fingerprint density at radius 1 is 1.27 bits per heavy atom. The molecule has 15 heavy (non-hydrogen) atoms. The molecule has 0 saturated heterocycles. The van der Waals surface area contributed by atoms with Crippen LogP contribution in [0.4, 0.5) is 0 Å². The van der Waals surface area contributed by atoms with Crippen LogP contribution in [-0.2, 0) is 9.84 Å². The Morgan fingerprint density at radius 2 is 1.93 bits per heavy atom. The van der Waals surface area contributed by atoms with Crippen LogP contribution in [0, 0.1) is 0 Å². The number of sulfone groups is 1. The number of benzene rings is 1. The fourth-order valence-electron chi connectivity index (χ4n) is 1.63. The molecule has 80 valence electrons. The predicted molar refractivity (Wildman–Crippen MR) is 58.7 cm³/mol. The fourth-order valence-corrected chi connectivity index (χ4v) is 2.98. The van der Waals surface area contributed by atoms with E-state index < -0.39 is 9.84 Å². The van der Waals surface area contributed by atoms with Crippen molar-refractivity contribution in [3.63, 3.8) is 0 Å². The third-order valence-corrected chi connectivity index (χ3v) is 3.87. The summed E-state index contributed by atoms with van der Waals surface area (Å²) in [5.74, 6) is 0.948. The number of rotatable bonds is 2. The van der Waals surface area contributed by atoms with E-state index in [0.29, 0.717) is 0 Å². The molecule has 0 unspecified atom stereocenters. The van der Waals surface area contributed by atoms with Crippen LogP contribution < -0.4 is 4.74 Å². The van der Waals surface area contributed by atoms with Crippen LogP contribution >= 0.6 is 0 Å². The van der Waals surface area contributed by atoms with Gasteiger partial charge in [0.25, 0.3) is 0 Å². The van der Waals surface area contributed by atoms with E-state index in [-0.39, 0.29) is 11.7 Å². The van der Waals surface area contributed by atoms with Crippen LogP contribution in [-0.4, -0.2) is 21.3 Å². The lowest BCUT2D eigenvalue weighted by Gasteiger charge is -2.07. The summed E-state index contributed by atoms with van der Waals surface area (Å²) in [7, 11) is -1.37. The van der Waals surface area contributed by atoms with Crippen LogP contribution in [0.2, 0.25) is 0 Å². The number of methoxy groups -OCH3 is 1. The molecule has 3 nitrogen and oxygen atoms in total. The molecule has 1 aliphatic heterocycles. The standard InChI is InChI=1S/C11H12O3S/c1-14-11-4-2-9(3-5-11)10-6-7-15(12,13)8-10/h2-7,10H,8H2,1H3/t10-/m0/s1. The first-order chi connectivity index (χ1) is 7.11. The molecule has 0 aromatic heterocycles. The van der Waals surface area contributed by atoms with E-state index in [1.54, 1.807) is 13.2 Å². The molecule has 1 aliphatic rings. The van der Waals surface area contributed by atoms with E-state index in [0.717, 1.165) is 11.3 Å². The largest absolute Gasteiger partial charge is 0.497 e. The molecule has 2 rings (SSSR count). The molecular formula is C11H12O3S. The summed E-state index contributed by atoms with van der Waals surface area (Å²) < 4.78 is 27.5. The molecule has 1 atom stereocenters. The van der Waals surface area contributed by atoms with Crippen molar-refractivity contribution in [1.82, 2.24) is 0 Å². The van der Waals surface area contributed by atoms with E-state index in [1.165, 1.54) is 5.41 Å². The van der Waals surface area contributed by atoms with Gasteiger partial charge in [0.15, 0.2) is 9.84 Å². The van der Waals surface area contributed by atoms with Crippen LogP contribution in [0.25, 0.3) is 0 Å². The highest BCUT2D eigenvalue weighted by Crippen LogP contribution is 2.27. The van der Waals surface area contributed by atoms with E-state index in [9.17, 15) is 8.42 Å². The van der Waals surface area contributed by atoms with Crippen molar-refractivity contribution in [2.75, 3.05) is 12.9 Å². The first-order valence-electron chi connectivity index (χ1n) is 4.66. The highest BCUT2D eigenvalue weighted by molar-refractivity contribution is 7.94. The molecular weight excluding hydrogens is 212 g/mol. The summed E-state index contributed by atoms with van der Waals surface area (Å²) in [6.45, 7) is 0. The SMILES string of the molecule is COc1ccc([C@H]2C=CS(=O)(=O)C2)cc1. The van der Waals surface area contributed by atoms with Gasteiger partial charge in [0, 0.05) is 11.3 Å². The van der Waals surface area contributed by atoms with Gasteiger partial charge in [-0.1, -0.05) is 18.2 Å². The van der Waals surface area contributed by atoms with Gasteiger partial charge in [-0.3, -0.25) is 0 Å². The maximum Gasteiger partial charge on any atom is 0.172 e. The molecule has 0 fully saturated rings. The molecule has 4 heteroatoms. The predicted octanol–water partition coefficient (Wildman–Crippen LogP) is 1.72. The molecule has 0 spiro atoms. The van der Waals surface area contributed by atoms with E-state index in [2.05, 4.69) is 0 Å². The van der Waals surface area contributed by atoms with Gasteiger partial charge in [-0.2, -0.15) is 0 Å². The Morgan fingerprint density at radius 3 is 2.40 bits per heavy atom. The minimum Gasteiger partial charge on any atom is -0.497 e. The Balaban J connectivity index is 2.22. The van der Waals surface area contributed by atoms with Gasteiger partial charge in [-0.05, 0) is 17.7 Å². The van der Waals surface area contributed by atoms with Gasteiger partial charge in [0.1, 0.15) is 5.75 Å². The summed E-state index contributed by atoms with van der Waals surface area (Å²) in [5, 5.41) is 1.29. The van der Waals surface area contributed by atoms with Crippen LogP contribution in [0.1, 0.15) is 11.5 Å². The van der Waals surface area contributed by atoms with Crippen LogP contribution in [0.15, 0.2) is 35.7 Å². The maximum absolute atomic E-state index is 11.2. The zero-order valence-corrected chi connectivity index (χ0v) is 9.20. The zero-order valence-electron chi connectivity index (χ0n) is 8.38. The highest BCUT2D eigenvalue weighted by atomic mass is 32.2. The van der Waals surface area contributed by atoms with E-state index in [1.807, 2.05) is 24.3 Å². The minimum atomic E-state index is -2.97. The summed E-state index contributed by atoms with van der Waals surface area (Å²) in [4.78, 5) is 0. The van der Waals surface area contributed by atoms with Crippen molar-refractivity contribution in [3.8, 4) is 5.75 Å². The normalized spacial score (nSPS) is 22.9. The molecule has 1 aromatic rings. The van der Waals surface area contributed by atoms with Crippen molar-refractivity contribution in [3.05, 3.63) is 41.3 Å². The first-order valence-corrected chi connectivity index (χ1v) is 6.37. The third-order valence-electron chi connectivity index (χ3n) is 2.47. The minimum absolute atomic E-state index is 0.0130. The molecule has 0 amide bonds. The van der Waals surface area contributed by atoms with Gasteiger partial charge in [0.05, 0.1) is 12.9 Å². The first kappa shape index (κ1) is 10.2. The van der Waals surface area contributed by atoms with Crippen molar-refractivity contribution in [1.29, 1.82) is 0 Å². The fraction of sp³-hybridized carbons (Fsp3) is 0.273. The maximum atomic E-state index is 11.2. The molecule has 0 saturated carbocycles. The molecule has 1 aromatic carbocycles. The Kier molecular flexibility index (Phi) is 2.52. The number of hydrogen-bond donors (Lipinski definition) is 0. The van der Waals surface area contributed by atoms with Gasteiger partial charge in [-0.25, -0.2) is 8.42 Å². The molecule has 0 N–H and O–H groups in total. The molecule has 0 aliphatic carbocycles. The van der Waals surface area contributed by atoms with Gasteiger partial charge in [0.2, 0.25) is 0 Å². The van der Waals surface area contributed by atoms with Crippen LogP contribution in [0.5, 0.6) is 5.75 Å². The summed E-state index contributed by atoms with van der Waals surface area (Å²) in [6.07, 6.45) is 1.73. The monoisotopic (exact) mass is 224 g/mol. The Bertz CT molecular complexity index is 471. The zero-order chi connectivity index (χ0) is 10.9. The second kappa shape index (κ2) is 3.70. The average molecular weight is 224 g/mol. The second-order valence-corrected chi connectivity index (χ2v) is 5.47. The van der Waals surface area contributed by atoms with Crippen molar-refractivity contribution < 1.29 is 13.2 Å². The molecule has 0 bridgehead atoms. The van der Waals surface area contributed by atoms with Crippen molar-refractivity contribution in [2.45, 2.75) is 5.92 Å². The number of allylic oxidation sites excluding steroid dienone is 1. The second-order valence-electron chi connectivity index (χ2n) is 3.54. The smallest absolute Gasteiger partial charge is 0.172 e. The number of ether oxygens (including phenoxy) is 1. The highest BCUT2D eigenvalue weighted by Gasteiger charge is 2.22. The van der Waals surface area contributed by atoms with E-state index in [4.69, 9.17) is 4.74 Å². The lowest BCUT2D eigenvalue weighted by molar-refractivity contribution is 0.414. The Hall–Kier alpha value is -1.29. The van der Waals surface area contributed by atoms with Crippen molar-refractivity contribution >= 4 is 9.84 Å². The number of hydrogen-bond acceptors (Lipinski definition) is 3. The lowest BCUT2D eigenvalue weighted by Crippen LogP contribution is -2.03. The third kappa shape index (κ3) is 2.21. The summed E-state index contributed by atoms with van der Waals surface area (Å²) >= 11 is 0.